The summed E-state index contributed by atoms with van der Waals surface area (Å²) in [5.41, 5.74) is -1.08. The van der Waals surface area contributed by atoms with Crippen LogP contribution in [0.15, 0.2) is 36.4 Å². The molecule has 0 spiro atoms. The molecule has 0 bridgehead atoms. The van der Waals surface area contributed by atoms with Crippen LogP contribution in [0.1, 0.15) is 25.0 Å². The number of rotatable bonds is 5. The van der Waals surface area contributed by atoms with E-state index in [2.05, 4.69) is 0 Å². The Labute approximate surface area is 171 Å². The summed E-state index contributed by atoms with van der Waals surface area (Å²) in [7, 11) is 0. The zero-order valence-electron chi connectivity index (χ0n) is 16.3. The Hall–Kier alpha value is -2.68. The van der Waals surface area contributed by atoms with Crippen LogP contribution in [0.4, 0.5) is 13.2 Å². The predicted octanol–water partition coefficient (Wildman–Crippen LogP) is 3.33. The number of carbonyl (C=O) groups is 1. The molecule has 8 heteroatoms. The first-order chi connectivity index (χ1) is 14.1. The van der Waals surface area contributed by atoms with Gasteiger partial charge in [-0.3, -0.25) is 4.79 Å². The standard InChI is InChI=1S/C22H21F3O5/c1-12-19(27)21(29-18(11-26)22(12,2)28)30-20-14(9-16(24)10-17(20)25)6-3-13-4-7-15(23)8-5-13/h3-10,12,18,21,26,28H,11H2,1-2H3/b6-3+/t12-,18-,21+,22?/m1/s1. The van der Waals surface area contributed by atoms with Gasteiger partial charge >= 0.3 is 0 Å². The van der Waals surface area contributed by atoms with Gasteiger partial charge in [0.15, 0.2) is 11.6 Å². The van der Waals surface area contributed by atoms with Gasteiger partial charge in [-0.1, -0.05) is 31.2 Å². The monoisotopic (exact) mass is 422 g/mol. The Bertz CT molecular complexity index is 956. The van der Waals surface area contributed by atoms with Crippen LogP contribution >= 0.6 is 0 Å². The summed E-state index contributed by atoms with van der Waals surface area (Å²) < 4.78 is 52.1. The van der Waals surface area contributed by atoms with Gasteiger partial charge in [-0.15, -0.1) is 0 Å². The summed E-state index contributed by atoms with van der Waals surface area (Å²) in [5, 5.41) is 19.9. The normalized spacial score (nSPS) is 26.9. The van der Waals surface area contributed by atoms with Crippen LogP contribution in [0.5, 0.6) is 5.75 Å². The zero-order chi connectivity index (χ0) is 22.1. The largest absolute Gasteiger partial charge is 0.454 e. The van der Waals surface area contributed by atoms with E-state index < -0.39 is 59.5 Å². The van der Waals surface area contributed by atoms with E-state index >= 15 is 0 Å². The zero-order valence-corrected chi connectivity index (χ0v) is 16.3. The molecule has 1 aliphatic heterocycles. The average Bonchev–Trinajstić information content (AvgIpc) is 2.69. The van der Waals surface area contributed by atoms with Gasteiger partial charge in [0.2, 0.25) is 5.78 Å². The van der Waals surface area contributed by atoms with Gasteiger partial charge in [0.1, 0.15) is 23.3 Å². The SMILES string of the molecule is C[C@@H]1C(=O)[C@H](Oc2c(F)cc(F)cc2/C=C/c2ccc(F)cc2)O[C@H](CO)C1(C)O. The van der Waals surface area contributed by atoms with E-state index in [1.165, 1.54) is 50.3 Å². The number of ether oxygens (including phenoxy) is 2. The maximum atomic E-state index is 14.5. The first-order valence-corrected chi connectivity index (χ1v) is 9.25. The highest BCUT2D eigenvalue weighted by molar-refractivity contribution is 5.86. The lowest BCUT2D eigenvalue weighted by Crippen LogP contribution is -2.60. The summed E-state index contributed by atoms with van der Waals surface area (Å²) in [6.45, 7) is 2.20. The fourth-order valence-electron chi connectivity index (χ4n) is 3.13. The Morgan fingerprint density at radius 2 is 1.80 bits per heavy atom. The minimum absolute atomic E-state index is 0.0150. The van der Waals surface area contributed by atoms with Crippen LogP contribution in [-0.2, 0) is 9.53 Å². The number of Topliss-reactive ketones (excluding diaryl/α,β-unsaturated/α-hetero) is 1. The molecule has 160 valence electrons. The second-order valence-corrected chi connectivity index (χ2v) is 7.30. The van der Waals surface area contributed by atoms with Crippen molar-refractivity contribution >= 4 is 17.9 Å². The number of aliphatic hydroxyl groups excluding tert-OH is 1. The van der Waals surface area contributed by atoms with Gasteiger partial charge in [-0.25, -0.2) is 13.2 Å². The molecule has 0 radical (unpaired) electrons. The Morgan fingerprint density at radius 1 is 1.13 bits per heavy atom. The van der Waals surface area contributed by atoms with Gasteiger partial charge in [-0.05, 0) is 30.7 Å². The molecule has 4 atom stereocenters. The number of aliphatic hydroxyl groups is 2. The van der Waals surface area contributed by atoms with Gasteiger partial charge in [-0.2, -0.15) is 0 Å². The number of halogens is 3. The van der Waals surface area contributed by atoms with Gasteiger partial charge in [0, 0.05) is 11.6 Å². The van der Waals surface area contributed by atoms with E-state index in [1.807, 2.05) is 0 Å². The first-order valence-electron chi connectivity index (χ1n) is 9.25. The van der Waals surface area contributed by atoms with Crippen molar-refractivity contribution in [1.29, 1.82) is 0 Å². The van der Waals surface area contributed by atoms with E-state index in [0.717, 1.165) is 6.07 Å². The highest BCUT2D eigenvalue weighted by Gasteiger charge is 2.51. The lowest BCUT2D eigenvalue weighted by atomic mass is 9.80. The topological polar surface area (TPSA) is 76.0 Å². The molecule has 0 aliphatic carbocycles. The predicted molar refractivity (Wildman–Crippen MR) is 103 cm³/mol. The summed E-state index contributed by atoms with van der Waals surface area (Å²) >= 11 is 0. The first kappa shape index (κ1) is 22.0. The van der Waals surface area contributed by atoms with Crippen LogP contribution < -0.4 is 4.74 Å². The molecule has 0 saturated carbocycles. The number of hydrogen-bond donors (Lipinski definition) is 2. The molecule has 0 amide bonds. The fraction of sp³-hybridized carbons (Fsp3) is 0.318. The fourth-order valence-corrected chi connectivity index (χ4v) is 3.13. The van der Waals surface area contributed by atoms with E-state index in [1.54, 1.807) is 0 Å². The molecule has 2 N–H and O–H groups in total. The van der Waals surface area contributed by atoms with Crippen molar-refractivity contribution in [2.24, 2.45) is 5.92 Å². The third kappa shape index (κ3) is 4.40. The second-order valence-electron chi connectivity index (χ2n) is 7.30. The molecule has 5 nitrogen and oxygen atoms in total. The Balaban J connectivity index is 1.92. The number of hydrogen-bond acceptors (Lipinski definition) is 5. The average molecular weight is 422 g/mol. The Kier molecular flexibility index (Phi) is 6.30. The molecule has 1 saturated heterocycles. The van der Waals surface area contributed by atoms with Crippen molar-refractivity contribution in [3.05, 3.63) is 65.0 Å². The molecule has 1 heterocycles. The van der Waals surface area contributed by atoms with Crippen molar-refractivity contribution in [3.63, 3.8) is 0 Å². The molecule has 1 unspecified atom stereocenters. The third-order valence-electron chi connectivity index (χ3n) is 5.23. The minimum atomic E-state index is -1.64. The summed E-state index contributed by atoms with van der Waals surface area (Å²) in [5.74, 6) is -4.39. The molecular formula is C22H21F3O5. The van der Waals surface area contributed by atoms with Crippen molar-refractivity contribution in [2.75, 3.05) is 6.61 Å². The third-order valence-corrected chi connectivity index (χ3v) is 5.23. The highest BCUT2D eigenvalue weighted by atomic mass is 19.1. The van der Waals surface area contributed by atoms with Crippen molar-refractivity contribution in [3.8, 4) is 5.75 Å². The summed E-state index contributed by atoms with van der Waals surface area (Å²) in [6, 6.07) is 7.03. The summed E-state index contributed by atoms with van der Waals surface area (Å²) in [4.78, 5) is 12.6. The quantitative estimate of drug-likeness (QED) is 0.723. The number of ketones is 1. The smallest absolute Gasteiger partial charge is 0.260 e. The molecule has 30 heavy (non-hydrogen) atoms. The van der Waals surface area contributed by atoms with Crippen LogP contribution in [0, 0.1) is 23.4 Å². The second kappa shape index (κ2) is 8.59. The van der Waals surface area contributed by atoms with E-state index in [9.17, 15) is 28.2 Å². The molecular weight excluding hydrogens is 401 g/mol. The van der Waals surface area contributed by atoms with Crippen molar-refractivity contribution in [2.45, 2.75) is 31.8 Å². The molecule has 2 aromatic rings. The maximum Gasteiger partial charge on any atom is 0.260 e. The van der Waals surface area contributed by atoms with Gasteiger partial charge in [0.05, 0.1) is 12.5 Å². The van der Waals surface area contributed by atoms with Crippen LogP contribution in [0.3, 0.4) is 0 Å². The van der Waals surface area contributed by atoms with Crippen molar-refractivity contribution < 1.29 is 37.7 Å². The van der Waals surface area contributed by atoms with E-state index in [0.29, 0.717) is 11.6 Å². The molecule has 1 aliphatic rings. The van der Waals surface area contributed by atoms with Crippen LogP contribution in [-0.4, -0.2) is 40.6 Å². The van der Waals surface area contributed by atoms with E-state index in [4.69, 9.17) is 9.47 Å². The minimum Gasteiger partial charge on any atom is -0.454 e. The van der Waals surface area contributed by atoms with Gasteiger partial charge < -0.3 is 19.7 Å². The lowest BCUT2D eigenvalue weighted by molar-refractivity contribution is -0.235. The summed E-state index contributed by atoms with van der Waals surface area (Å²) in [6.07, 6.45) is 0.103. The lowest BCUT2D eigenvalue weighted by Gasteiger charge is -2.43. The number of carbonyl (C=O) groups excluding carboxylic acids is 1. The highest BCUT2D eigenvalue weighted by Crippen LogP contribution is 2.35. The van der Waals surface area contributed by atoms with Crippen LogP contribution in [0.25, 0.3) is 12.2 Å². The maximum absolute atomic E-state index is 14.5. The molecule has 0 aromatic heterocycles. The van der Waals surface area contributed by atoms with Crippen LogP contribution in [0.2, 0.25) is 0 Å². The molecule has 1 fully saturated rings. The van der Waals surface area contributed by atoms with Crippen molar-refractivity contribution in [1.82, 2.24) is 0 Å². The Morgan fingerprint density at radius 3 is 2.43 bits per heavy atom. The number of benzene rings is 2. The molecule has 2 aromatic carbocycles. The van der Waals surface area contributed by atoms with E-state index in [-0.39, 0.29) is 5.56 Å². The van der Waals surface area contributed by atoms with Gasteiger partial charge in [0.25, 0.3) is 6.29 Å². The molecule has 3 rings (SSSR count).